The van der Waals surface area contributed by atoms with Gasteiger partial charge in [0.2, 0.25) is 0 Å². The first-order valence-electron chi connectivity index (χ1n) is 6.35. The Morgan fingerprint density at radius 2 is 2.50 bits per heavy atom. The normalized spacial score (nSPS) is 18.6. The van der Waals surface area contributed by atoms with E-state index in [0.717, 1.165) is 18.7 Å². The molecule has 1 aliphatic heterocycles. The molecule has 2 aromatic rings. The van der Waals surface area contributed by atoms with Crippen molar-refractivity contribution in [3.8, 4) is 0 Å². The van der Waals surface area contributed by atoms with Crippen LogP contribution >= 0.6 is 11.3 Å². The standard InChI is InChI=1S/C12H15N5O2S/c1-19-6-9-4-17(15-14-9)10-2-3-16(5-10)12(18)11-7-20-8-13-11/h4,7-8,10H,2-3,5-6H2,1H3. The van der Waals surface area contributed by atoms with Gasteiger partial charge in [-0.3, -0.25) is 4.79 Å². The topological polar surface area (TPSA) is 73.1 Å². The molecule has 3 heterocycles. The van der Waals surface area contributed by atoms with Gasteiger partial charge < -0.3 is 9.64 Å². The zero-order valence-electron chi connectivity index (χ0n) is 11.1. The van der Waals surface area contributed by atoms with Crippen LogP contribution in [0.5, 0.6) is 0 Å². The first-order valence-corrected chi connectivity index (χ1v) is 7.29. The summed E-state index contributed by atoms with van der Waals surface area (Å²) >= 11 is 1.43. The van der Waals surface area contributed by atoms with Gasteiger partial charge in [0.25, 0.3) is 5.91 Å². The average molecular weight is 293 g/mol. The highest BCUT2D eigenvalue weighted by Gasteiger charge is 2.29. The van der Waals surface area contributed by atoms with Crippen molar-refractivity contribution in [1.82, 2.24) is 24.9 Å². The van der Waals surface area contributed by atoms with Gasteiger partial charge in [-0.1, -0.05) is 5.21 Å². The van der Waals surface area contributed by atoms with Crippen molar-refractivity contribution in [2.45, 2.75) is 19.1 Å². The summed E-state index contributed by atoms with van der Waals surface area (Å²) in [5, 5.41) is 9.93. The van der Waals surface area contributed by atoms with E-state index in [9.17, 15) is 4.79 Å². The third-order valence-corrected chi connectivity index (χ3v) is 3.91. The summed E-state index contributed by atoms with van der Waals surface area (Å²) in [4.78, 5) is 18.1. The Morgan fingerprint density at radius 1 is 1.60 bits per heavy atom. The van der Waals surface area contributed by atoms with Crippen molar-refractivity contribution in [2.75, 3.05) is 20.2 Å². The Balaban J connectivity index is 1.65. The second-order valence-corrected chi connectivity index (χ2v) is 5.41. The van der Waals surface area contributed by atoms with Crippen LogP contribution in [0.25, 0.3) is 0 Å². The lowest BCUT2D eigenvalue weighted by Crippen LogP contribution is -2.29. The van der Waals surface area contributed by atoms with Crippen molar-refractivity contribution >= 4 is 17.2 Å². The number of aromatic nitrogens is 4. The highest BCUT2D eigenvalue weighted by atomic mass is 32.1. The van der Waals surface area contributed by atoms with Crippen LogP contribution in [0.3, 0.4) is 0 Å². The van der Waals surface area contributed by atoms with Crippen LogP contribution in [0.15, 0.2) is 17.1 Å². The molecule has 1 amide bonds. The maximum absolute atomic E-state index is 12.2. The molecule has 0 aromatic carbocycles. The second-order valence-electron chi connectivity index (χ2n) is 4.69. The number of rotatable bonds is 4. The maximum atomic E-state index is 12.2. The number of thiazole rings is 1. The van der Waals surface area contributed by atoms with Crippen LogP contribution in [-0.2, 0) is 11.3 Å². The van der Waals surface area contributed by atoms with Crippen molar-refractivity contribution < 1.29 is 9.53 Å². The lowest BCUT2D eigenvalue weighted by atomic mass is 10.3. The van der Waals surface area contributed by atoms with E-state index < -0.39 is 0 Å². The maximum Gasteiger partial charge on any atom is 0.273 e. The van der Waals surface area contributed by atoms with E-state index in [1.54, 1.807) is 18.0 Å². The van der Waals surface area contributed by atoms with Crippen LogP contribution in [0.1, 0.15) is 28.6 Å². The zero-order valence-corrected chi connectivity index (χ0v) is 11.9. The van der Waals surface area contributed by atoms with E-state index in [4.69, 9.17) is 4.74 Å². The SMILES string of the molecule is COCc1cn(C2CCN(C(=O)c3cscn3)C2)nn1. The van der Waals surface area contributed by atoms with E-state index >= 15 is 0 Å². The van der Waals surface area contributed by atoms with Gasteiger partial charge in [0.05, 0.1) is 24.4 Å². The van der Waals surface area contributed by atoms with Gasteiger partial charge in [0, 0.05) is 25.6 Å². The van der Waals surface area contributed by atoms with Crippen LogP contribution in [-0.4, -0.2) is 51.0 Å². The Bertz CT molecular complexity index is 582. The van der Waals surface area contributed by atoms with Gasteiger partial charge in [-0.05, 0) is 6.42 Å². The summed E-state index contributed by atoms with van der Waals surface area (Å²) in [5.41, 5.74) is 3.00. The largest absolute Gasteiger partial charge is 0.378 e. The number of carbonyl (C=O) groups excluding carboxylic acids is 1. The molecule has 0 bridgehead atoms. The van der Waals surface area contributed by atoms with Gasteiger partial charge >= 0.3 is 0 Å². The van der Waals surface area contributed by atoms with Gasteiger partial charge in [0.1, 0.15) is 11.4 Å². The van der Waals surface area contributed by atoms with Crippen molar-refractivity contribution in [3.05, 3.63) is 28.5 Å². The van der Waals surface area contributed by atoms with E-state index in [2.05, 4.69) is 15.3 Å². The van der Waals surface area contributed by atoms with E-state index in [1.807, 2.05) is 15.8 Å². The zero-order chi connectivity index (χ0) is 13.9. The fraction of sp³-hybridized carbons (Fsp3) is 0.500. The second kappa shape index (κ2) is 5.68. The average Bonchev–Trinajstić information content (AvgIpc) is 3.19. The Labute approximate surface area is 120 Å². The highest BCUT2D eigenvalue weighted by Crippen LogP contribution is 2.22. The summed E-state index contributed by atoms with van der Waals surface area (Å²) in [6.45, 7) is 1.82. The molecule has 1 unspecified atom stereocenters. The number of nitrogens with zero attached hydrogens (tertiary/aromatic N) is 5. The van der Waals surface area contributed by atoms with Gasteiger partial charge in [-0.2, -0.15) is 0 Å². The van der Waals surface area contributed by atoms with Crippen LogP contribution in [0.4, 0.5) is 0 Å². The van der Waals surface area contributed by atoms with Crippen molar-refractivity contribution in [1.29, 1.82) is 0 Å². The fourth-order valence-electron chi connectivity index (χ4n) is 2.33. The molecule has 0 aliphatic carbocycles. The molecule has 20 heavy (non-hydrogen) atoms. The minimum absolute atomic E-state index is 0.00835. The van der Waals surface area contributed by atoms with Crippen LogP contribution in [0.2, 0.25) is 0 Å². The van der Waals surface area contributed by atoms with Gasteiger partial charge in [-0.25, -0.2) is 9.67 Å². The Morgan fingerprint density at radius 3 is 3.25 bits per heavy atom. The molecular weight excluding hydrogens is 278 g/mol. The number of ether oxygens (including phenoxy) is 1. The number of hydrogen-bond acceptors (Lipinski definition) is 6. The molecule has 0 radical (unpaired) electrons. The molecular formula is C12H15N5O2S. The number of carbonyl (C=O) groups is 1. The molecule has 0 saturated carbocycles. The summed E-state index contributed by atoms with van der Waals surface area (Å²) in [5.74, 6) is -0.00835. The molecule has 3 rings (SSSR count). The third kappa shape index (κ3) is 2.56. The smallest absolute Gasteiger partial charge is 0.273 e. The molecule has 2 aromatic heterocycles. The summed E-state index contributed by atoms with van der Waals surface area (Å²) in [7, 11) is 1.63. The fourth-order valence-corrected chi connectivity index (χ4v) is 2.85. The molecule has 0 N–H and O–H groups in total. The van der Waals surface area contributed by atoms with E-state index in [0.29, 0.717) is 18.8 Å². The summed E-state index contributed by atoms with van der Waals surface area (Å²) in [6.07, 6.45) is 2.76. The molecule has 106 valence electrons. The van der Waals surface area contributed by atoms with Crippen LogP contribution in [0, 0.1) is 0 Å². The molecule has 7 nitrogen and oxygen atoms in total. The number of amides is 1. The molecule has 8 heteroatoms. The first-order chi connectivity index (χ1) is 9.78. The predicted octanol–water partition coefficient (Wildman–Crippen LogP) is 0.968. The Hall–Kier alpha value is -1.80. The highest BCUT2D eigenvalue weighted by molar-refractivity contribution is 7.07. The third-order valence-electron chi connectivity index (χ3n) is 3.33. The van der Waals surface area contributed by atoms with E-state index in [-0.39, 0.29) is 11.9 Å². The number of hydrogen-bond donors (Lipinski definition) is 0. The number of likely N-dealkylation sites (tertiary alicyclic amines) is 1. The lowest BCUT2D eigenvalue weighted by Gasteiger charge is -2.14. The van der Waals surface area contributed by atoms with Gasteiger partial charge in [-0.15, -0.1) is 16.4 Å². The summed E-state index contributed by atoms with van der Waals surface area (Å²) in [6, 6.07) is 0.177. The quantitative estimate of drug-likeness (QED) is 0.840. The Kier molecular flexibility index (Phi) is 3.75. The lowest BCUT2D eigenvalue weighted by molar-refractivity contribution is 0.0782. The number of methoxy groups -OCH3 is 1. The van der Waals surface area contributed by atoms with Crippen molar-refractivity contribution in [2.24, 2.45) is 0 Å². The molecule has 0 spiro atoms. The summed E-state index contributed by atoms with van der Waals surface area (Å²) < 4.78 is 6.85. The van der Waals surface area contributed by atoms with Gasteiger partial charge in [0.15, 0.2) is 0 Å². The predicted molar refractivity (Wildman–Crippen MR) is 72.4 cm³/mol. The minimum Gasteiger partial charge on any atom is -0.378 e. The minimum atomic E-state index is -0.00835. The van der Waals surface area contributed by atoms with Crippen LogP contribution < -0.4 is 0 Å². The monoisotopic (exact) mass is 293 g/mol. The van der Waals surface area contributed by atoms with E-state index in [1.165, 1.54) is 11.3 Å². The van der Waals surface area contributed by atoms with Crippen molar-refractivity contribution in [3.63, 3.8) is 0 Å². The molecule has 1 fully saturated rings. The molecule has 1 aliphatic rings. The first kappa shape index (κ1) is 13.2. The molecule has 1 atom stereocenters. The molecule has 1 saturated heterocycles.